The highest BCUT2D eigenvalue weighted by Crippen LogP contribution is 2.24. The van der Waals surface area contributed by atoms with Gasteiger partial charge in [0.1, 0.15) is 0 Å². The normalized spacial score (nSPS) is 24.2. The molecule has 0 atom stereocenters. The van der Waals surface area contributed by atoms with Gasteiger partial charge >= 0.3 is 0 Å². The van der Waals surface area contributed by atoms with Crippen LogP contribution in [-0.2, 0) is 6.54 Å². The lowest BCUT2D eigenvalue weighted by molar-refractivity contribution is 0.116. The van der Waals surface area contributed by atoms with Crippen molar-refractivity contribution < 1.29 is 5.11 Å². The fraction of sp³-hybridized carbons (Fsp3) is 0.571. The molecule has 0 radical (unpaired) electrons. The van der Waals surface area contributed by atoms with E-state index in [0.717, 1.165) is 53.5 Å². The molecule has 0 spiro atoms. The number of nitrogen functional groups attached to an aromatic ring is 1. The Kier molecular flexibility index (Phi) is 4.65. The molecule has 0 amide bonds. The van der Waals surface area contributed by atoms with Crippen LogP contribution in [0.3, 0.4) is 0 Å². The van der Waals surface area contributed by atoms with Crippen LogP contribution in [0.5, 0.6) is 0 Å². The largest absolute Gasteiger partial charge is 0.398 e. The number of anilines is 1. The Morgan fingerprint density at radius 1 is 1.33 bits per heavy atom. The maximum Gasteiger partial charge on any atom is 0.0541 e. The molecule has 4 N–H and O–H groups in total. The van der Waals surface area contributed by atoms with E-state index in [1.165, 1.54) is 0 Å². The molecule has 1 saturated carbocycles. The minimum atomic E-state index is -0.0961. The lowest BCUT2D eigenvalue weighted by Crippen LogP contribution is -2.34. The molecule has 3 nitrogen and oxygen atoms in total. The summed E-state index contributed by atoms with van der Waals surface area (Å²) in [6.45, 7) is 2.83. The van der Waals surface area contributed by atoms with Gasteiger partial charge in [0.2, 0.25) is 0 Å². The third kappa shape index (κ3) is 3.46. The summed E-state index contributed by atoms with van der Waals surface area (Å²) in [6, 6.07) is 4.62. The van der Waals surface area contributed by atoms with Gasteiger partial charge < -0.3 is 16.2 Å². The quantitative estimate of drug-likeness (QED) is 0.752. The topological polar surface area (TPSA) is 58.3 Å². The van der Waals surface area contributed by atoms with Gasteiger partial charge in [-0.3, -0.25) is 0 Å². The van der Waals surface area contributed by atoms with Crippen LogP contribution < -0.4 is 11.1 Å². The van der Waals surface area contributed by atoms with E-state index in [-0.39, 0.29) is 6.10 Å². The Morgan fingerprint density at radius 2 is 2.00 bits per heavy atom. The summed E-state index contributed by atoms with van der Waals surface area (Å²) in [7, 11) is 0. The van der Waals surface area contributed by atoms with Crippen LogP contribution in [0, 0.1) is 6.92 Å². The van der Waals surface area contributed by atoms with E-state index in [0.29, 0.717) is 6.04 Å². The average molecular weight is 313 g/mol. The molecule has 4 heteroatoms. The van der Waals surface area contributed by atoms with Crippen LogP contribution in [0.1, 0.15) is 36.8 Å². The van der Waals surface area contributed by atoms with E-state index in [1.807, 2.05) is 13.0 Å². The average Bonchev–Trinajstić information content (AvgIpc) is 2.34. The zero-order valence-electron chi connectivity index (χ0n) is 10.7. The molecule has 1 aromatic rings. The molecule has 0 heterocycles. The number of hydrogen-bond acceptors (Lipinski definition) is 3. The predicted octanol–water partition coefficient (Wildman–Crippen LogP) is 2.73. The summed E-state index contributed by atoms with van der Waals surface area (Å²) in [5, 5.41) is 13.0. The molecule has 0 aliphatic heterocycles. The highest BCUT2D eigenvalue weighted by molar-refractivity contribution is 9.10. The number of aliphatic hydroxyl groups is 1. The Balaban J connectivity index is 1.94. The minimum absolute atomic E-state index is 0.0961. The molecular formula is C14H21BrN2O. The minimum Gasteiger partial charge on any atom is -0.398 e. The van der Waals surface area contributed by atoms with Gasteiger partial charge in [-0.1, -0.05) is 15.9 Å². The molecule has 0 bridgehead atoms. The molecule has 1 aliphatic carbocycles. The fourth-order valence-electron chi connectivity index (χ4n) is 2.50. The van der Waals surface area contributed by atoms with Crippen molar-refractivity contribution in [3.63, 3.8) is 0 Å². The van der Waals surface area contributed by atoms with E-state index in [1.54, 1.807) is 0 Å². The van der Waals surface area contributed by atoms with Crippen molar-refractivity contribution in [1.82, 2.24) is 5.32 Å². The summed E-state index contributed by atoms with van der Waals surface area (Å²) in [6.07, 6.45) is 3.82. The molecule has 100 valence electrons. The van der Waals surface area contributed by atoms with Crippen molar-refractivity contribution in [2.24, 2.45) is 0 Å². The zero-order chi connectivity index (χ0) is 13.1. The van der Waals surface area contributed by atoms with Crippen molar-refractivity contribution in [1.29, 1.82) is 0 Å². The van der Waals surface area contributed by atoms with Crippen LogP contribution in [-0.4, -0.2) is 17.3 Å². The van der Waals surface area contributed by atoms with Gasteiger partial charge in [0.15, 0.2) is 0 Å². The van der Waals surface area contributed by atoms with Crippen molar-refractivity contribution in [3.8, 4) is 0 Å². The number of hydrogen-bond donors (Lipinski definition) is 3. The van der Waals surface area contributed by atoms with Crippen molar-refractivity contribution in [3.05, 3.63) is 27.7 Å². The maximum atomic E-state index is 9.48. The SMILES string of the molecule is Cc1cc(Br)cc(CN[C@H]2CC[C@H](O)CC2)c1N. The van der Waals surface area contributed by atoms with Gasteiger partial charge in [0.25, 0.3) is 0 Å². The van der Waals surface area contributed by atoms with Crippen molar-refractivity contribution in [2.75, 3.05) is 5.73 Å². The molecule has 0 saturated heterocycles. The Bertz CT molecular complexity index is 415. The van der Waals surface area contributed by atoms with Crippen molar-refractivity contribution in [2.45, 2.75) is 51.3 Å². The Morgan fingerprint density at radius 3 is 2.67 bits per heavy atom. The van der Waals surface area contributed by atoms with E-state index < -0.39 is 0 Å². The second kappa shape index (κ2) is 6.04. The third-order valence-electron chi connectivity index (χ3n) is 3.72. The Labute approximate surface area is 117 Å². The second-order valence-electron chi connectivity index (χ2n) is 5.18. The standard InChI is InChI=1S/C14H21BrN2O/c1-9-6-11(15)7-10(14(9)16)8-17-12-2-4-13(18)5-3-12/h6-7,12-13,17-18H,2-5,8,16H2,1H3/t12-,13-. The number of nitrogens with one attached hydrogen (secondary N) is 1. The molecule has 1 fully saturated rings. The first-order valence-corrected chi connectivity index (χ1v) is 7.31. The lowest BCUT2D eigenvalue weighted by Gasteiger charge is -2.26. The number of aryl methyl sites for hydroxylation is 1. The summed E-state index contributed by atoms with van der Waals surface area (Å²) in [5.41, 5.74) is 9.22. The smallest absolute Gasteiger partial charge is 0.0541 e. The molecule has 0 aromatic heterocycles. The van der Waals surface area contributed by atoms with Crippen LogP contribution in [0.15, 0.2) is 16.6 Å². The highest BCUT2D eigenvalue weighted by atomic mass is 79.9. The van der Waals surface area contributed by atoms with E-state index in [4.69, 9.17) is 5.73 Å². The van der Waals surface area contributed by atoms with Crippen LogP contribution in [0.2, 0.25) is 0 Å². The number of nitrogens with two attached hydrogens (primary N) is 1. The van der Waals surface area contributed by atoms with Crippen LogP contribution >= 0.6 is 15.9 Å². The molecule has 2 rings (SSSR count). The number of halogens is 1. The first-order valence-electron chi connectivity index (χ1n) is 6.52. The number of aliphatic hydroxyl groups excluding tert-OH is 1. The van der Waals surface area contributed by atoms with Gasteiger partial charge in [-0.25, -0.2) is 0 Å². The number of benzene rings is 1. The Hall–Kier alpha value is -0.580. The van der Waals surface area contributed by atoms with Crippen LogP contribution in [0.25, 0.3) is 0 Å². The van der Waals surface area contributed by atoms with Gasteiger partial charge in [-0.2, -0.15) is 0 Å². The zero-order valence-corrected chi connectivity index (χ0v) is 12.3. The van der Waals surface area contributed by atoms with E-state index >= 15 is 0 Å². The van der Waals surface area contributed by atoms with Crippen LogP contribution in [0.4, 0.5) is 5.69 Å². The highest BCUT2D eigenvalue weighted by Gasteiger charge is 2.19. The number of rotatable bonds is 3. The first kappa shape index (κ1) is 13.8. The molecule has 1 aromatic carbocycles. The maximum absolute atomic E-state index is 9.48. The summed E-state index contributed by atoms with van der Waals surface area (Å²) >= 11 is 3.50. The third-order valence-corrected chi connectivity index (χ3v) is 4.17. The van der Waals surface area contributed by atoms with E-state index in [9.17, 15) is 5.11 Å². The first-order chi connectivity index (χ1) is 8.56. The molecule has 18 heavy (non-hydrogen) atoms. The van der Waals surface area contributed by atoms with Gasteiger partial charge in [0.05, 0.1) is 6.10 Å². The second-order valence-corrected chi connectivity index (χ2v) is 6.10. The molecular weight excluding hydrogens is 292 g/mol. The van der Waals surface area contributed by atoms with E-state index in [2.05, 4.69) is 27.3 Å². The van der Waals surface area contributed by atoms with Gasteiger partial charge in [-0.05, 0) is 55.9 Å². The molecule has 0 unspecified atom stereocenters. The predicted molar refractivity (Wildman–Crippen MR) is 78.4 cm³/mol. The fourth-order valence-corrected chi connectivity index (χ4v) is 3.12. The lowest BCUT2D eigenvalue weighted by atomic mass is 9.93. The monoisotopic (exact) mass is 312 g/mol. The molecule has 1 aliphatic rings. The summed E-state index contributed by atoms with van der Waals surface area (Å²) in [5.74, 6) is 0. The van der Waals surface area contributed by atoms with Gasteiger partial charge in [0, 0.05) is 22.7 Å². The summed E-state index contributed by atoms with van der Waals surface area (Å²) < 4.78 is 1.07. The van der Waals surface area contributed by atoms with Gasteiger partial charge in [-0.15, -0.1) is 0 Å². The van der Waals surface area contributed by atoms with Crippen molar-refractivity contribution >= 4 is 21.6 Å². The summed E-state index contributed by atoms with van der Waals surface area (Å²) in [4.78, 5) is 0.